The molecule has 0 heterocycles. The van der Waals surface area contributed by atoms with Gasteiger partial charge in [0.25, 0.3) is 0 Å². The first kappa shape index (κ1) is 13.6. The predicted octanol–water partition coefficient (Wildman–Crippen LogP) is 4.35. The fourth-order valence-corrected chi connectivity index (χ4v) is 3.17. The van der Waals surface area contributed by atoms with Crippen molar-refractivity contribution in [2.45, 2.75) is 51.4 Å². The SMILES string of the molecule is CCNCC(CCC1CCCC1)c1ccccc1. The Balaban J connectivity index is 1.87. The third-order valence-corrected chi connectivity index (χ3v) is 4.31. The summed E-state index contributed by atoms with van der Waals surface area (Å²) in [7, 11) is 0. The number of likely N-dealkylation sites (N-methyl/N-ethyl adjacent to an activating group) is 1. The van der Waals surface area contributed by atoms with Crippen LogP contribution in [0.3, 0.4) is 0 Å². The molecule has 2 rings (SSSR count). The maximum absolute atomic E-state index is 3.52. The monoisotopic (exact) mass is 245 g/mol. The van der Waals surface area contributed by atoms with Gasteiger partial charge in [0.05, 0.1) is 0 Å². The van der Waals surface area contributed by atoms with Crippen LogP contribution in [-0.2, 0) is 0 Å². The minimum atomic E-state index is 0.701. The normalized spacial score (nSPS) is 18.1. The fraction of sp³-hybridized carbons (Fsp3) is 0.647. The lowest BCUT2D eigenvalue weighted by molar-refractivity contribution is 0.439. The van der Waals surface area contributed by atoms with Crippen molar-refractivity contribution in [3.63, 3.8) is 0 Å². The Labute approximate surface area is 112 Å². The van der Waals surface area contributed by atoms with Crippen molar-refractivity contribution in [3.8, 4) is 0 Å². The summed E-state index contributed by atoms with van der Waals surface area (Å²) in [4.78, 5) is 0. The molecule has 1 unspecified atom stereocenters. The smallest absolute Gasteiger partial charge is 0.00200 e. The van der Waals surface area contributed by atoms with Gasteiger partial charge in [-0.25, -0.2) is 0 Å². The lowest BCUT2D eigenvalue weighted by Gasteiger charge is -2.19. The summed E-state index contributed by atoms with van der Waals surface area (Å²) >= 11 is 0. The summed E-state index contributed by atoms with van der Waals surface area (Å²) in [5.41, 5.74) is 1.51. The first-order valence-corrected chi connectivity index (χ1v) is 7.65. The lowest BCUT2D eigenvalue weighted by atomic mass is 9.89. The quantitative estimate of drug-likeness (QED) is 0.753. The van der Waals surface area contributed by atoms with Gasteiger partial charge in [-0.3, -0.25) is 0 Å². The zero-order valence-corrected chi connectivity index (χ0v) is 11.7. The molecule has 1 aliphatic carbocycles. The van der Waals surface area contributed by atoms with E-state index in [4.69, 9.17) is 0 Å². The molecule has 18 heavy (non-hydrogen) atoms. The molecular weight excluding hydrogens is 218 g/mol. The van der Waals surface area contributed by atoms with Crippen LogP contribution in [0.5, 0.6) is 0 Å². The third kappa shape index (κ3) is 4.13. The Morgan fingerprint density at radius 3 is 2.56 bits per heavy atom. The van der Waals surface area contributed by atoms with Crippen LogP contribution >= 0.6 is 0 Å². The molecule has 0 saturated heterocycles. The summed E-state index contributed by atoms with van der Waals surface area (Å²) in [5.74, 6) is 1.71. The molecule has 0 spiro atoms. The van der Waals surface area contributed by atoms with Crippen molar-refractivity contribution in [2.24, 2.45) is 5.92 Å². The highest BCUT2D eigenvalue weighted by atomic mass is 14.8. The van der Waals surface area contributed by atoms with E-state index in [1.807, 2.05) is 0 Å². The second-order valence-corrected chi connectivity index (χ2v) is 5.64. The molecule has 100 valence electrons. The summed E-state index contributed by atoms with van der Waals surface area (Å²) in [6.45, 7) is 4.40. The number of nitrogens with one attached hydrogen (secondary N) is 1. The summed E-state index contributed by atoms with van der Waals surface area (Å²) in [5, 5.41) is 3.52. The van der Waals surface area contributed by atoms with Gasteiger partial charge in [0.1, 0.15) is 0 Å². The minimum Gasteiger partial charge on any atom is -0.316 e. The lowest BCUT2D eigenvalue weighted by Crippen LogP contribution is -2.21. The molecule has 0 radical (unpaired) electrons. The third-order valence-electron chi connectivity index (χ3n) is 4.31. The van der Waals surface area contributed by atoms with Gasteiger partial charge in [0.15, 0.2) is 0 Å². The molecule has 1 heteroatoms. The Hall–Kier alpha value is -0.820. The highest BCUT2D eigenvalue weighted by Gasteiger charge is 2.18. The first-order chi connectivity index (χ1) is 8.90. The van der Waals surface area contributed by atoms with Crippen LogP contribution in [0.1, 0.15) is 56.9 Å². The second kappa shape index (κ2) is 7.58. The van der Waals surface area contributed by atoms with Crippen LogP contribution in [0, 0.1) is 5.92 Å². The number of hydrogen-bond donors (Lipinski definition) is 1. The number of rotatable bonds is 7. The van der Waals surface area contributed by atoms with E-state index in [0.29, 0.717) is 5.92 Å². The van der Waals surface area contributed by atoms with Gasteiger partial charge < -0.3 is 5.32 Å². The molecule has 0 amide bonds. The molecule has 0 aliphatic heterocycles. The maximum atomic E-state index is 3.52. The molecule has 1 aromatic carbocycles. The highest BCUT2D eigenvalue weighted by Crippen LogP contribution is 2.32. The van der Waals surface area contributed by atoms with Crippen LogP contribution in [0.4, 0.5) is 0 Å². The zero-order chi connectivity index (χ0) is 12.6. The molecule has 0 bridgehead atoms. The van der Waals surface area contributed by atoms with E-state index in [9.17, 15) is 0 Å². The maximum Gasteiger partial charge on any atom is 0.00200 e. The van der Waals surface area contributed by atoms with Crippen molar-refractivity contribution >= 4 is 0 Å². The molecule has 0 aromatic heterocycles. The van der Waals surface area contributed by atoms with Gasteiger partial charge >= 0.3 is 0 Å². The Morgan fingerprint density at radius 2 is 1.89 bits per heavy atom. The van der Waals surface area contributed by atoms with Crippen molar-refractivity contribution in [1.82, 2.24) is 5.32 Å². The molecule has 1 fully saturated rings. The molecule has 1 saturated carbocycles. The van der Waals surface area contributed by atoms with Crippen molar-refractivity contribution < 1.29 is 0 Å². The first-order valence-electron chi connectivity index (χ1n) is 7.65. The Morgan fingerprint density at radius 1 is 1.17 bits per heavy atom. The molecule has 1 aliphatic rings. The summed E-state index contributed by atoms with van der Waals surface area (Å²) in [6, 6.07) is 11.0. The standard InChI is InChI=1S/C17H27N/c1-2-18-14-17(16-10-4-3-5-11-16)13-12-15-8-6-7-9-15/h3-5,10-11,15,17-18H,2,6-9,12-14H2,1H3. The molecule has 1 N–H and O–H groups in total. The molecule has 1 aromatic rings. The van der Waals surface area contributed by atoms with E-state index in [2.05, 4.69) is 42.6 Å². The van der Waals surface area contributed by atoms with E-state index < -0.39 is 0 Å². The molecule has 1 atom stereocenters. The molecule has 1 nitrogen and oxygen atoms in total. The van der Waals surface area contributed by atoms with Gasteiger partial charge in [-0.1, -0.05) is 62.9 Å². The number of hydrogen-bond acceptors (Lipinski definition) is 1. The van der Waals surface area contributed by atoms with Gasteiger partial charge in [-0.2, -0.15) is 0 Å². The highest BCUT2D eigenvalue weighted by molar-refractivity contribution is 5.19. The Kier molecular flexibility index (Phi) is 5.73. The zero-order valence-electron chi connectivity index (χ0n) is 11.7. The van der Waals surface area contributed by atoms with Crippen LogP contribution in [0.15, 0.2) is 30.3 Å². The van der Waals surface area contributed by atoms with E-state index in [0.717, 1.165) is 19.0 Å². The van der Waals surface area contributed by atoms with Crippen molar-refractivity contribution in [2.75, 3.05) is 13.1 Å². The van der Waals surface area contributed by atoms with E-state index in [-0.39, 0.29) is 0 Å². The second-order valence-electron chi connectivity index (χ2n) is 5.64. The van der Waals surface area contributed by atoms with Crippen LogP contribution in [-0.4, -0.2) is 13.1 Å². The summed E-state index contributed by atoms with van der Waals surface area (Å²) < 4.78 is 0. The van der Waals surface area contributed by atoms with E-state index in [1.54, 1.807) is 0 Å². The predicted molar refractivity (Wildman–Crippen MR) is 78.9 cm³/mol. The van der Waals surface area contributed by atoms with Crippen LogP contribution in [0.25, 0.3) is 0 Å². The average Bonchev–Trinajstić information content (AvgIpc) is 2.93. The van der Waals surface area contributed by atoms with E-state index >= 15 is 0 Å². The van der Waals surface area contributed by atoms with Gasteiger partial charge in [-0.15, -0.1) is 0 Å². The van der Waals surface area contributed by atoms with Gasteiger partial charge in [0, 0.05) is 6.54 Å². The summed E-state index contributed by atoms with van der Waals surface area (Å²) in [6.07, 6.45) is 8.65. The average molecular weight is 245 g/mol. The fourth-order valence-electron chi connectivity index (χ4n) is 3.17. The minimum absolute atomic E-state index is 0.701. The van der Waals surface area contributed by atoms with Crippen LogP contribution < -0.4 is 5.32 Å². The topological polar surface area (TPSA) is 12.0 Å². The molecular formula is C17H27N. The largest absolute Gasteiger partial charge is 0.316 e. The van der Waals surface area contributed by atoms with Gasteiger partial charge in [0.2, 0.25) is 0 Å². The van der Waals surface area contributed by atoms with Crippen LogP contribution in [0.2, 0.25) is 0 Å². The van der Waals surface area contributed by atoms with Gasteiger partial charge in [-0.05, 0) is 36.8 Å². The van der Waals surface area contributed by atoms with Crippen molar-refractivity contribution in [1.29, 1.82) is 0 Å². The number of benzene rings is 1. The van der Waals surface area contributed by atoms with E-state index in [1.165, 1.54) is 44.1 Å². The Bertz CT molecular complexity index is 314. The van der Waals surface area contributed by atoms with Crippen molar-refractivity contribution in [3.05, 3.63) is 35.9 Å².